The Bertz CT molecular complexity index is 586. The molecule has 27 heavy (non-hydrogen) atoms. The first-order chi connectivity index (χ1) is 13.1. The number of ether oxygens (including phenoxy) is 1. The first-order valence-electron chi connectivity index (χ1n) is 10.0. The highest BCUT2D eigenvalue weighted by molar-refractivity contribution is 5.97. The molecule has 0 radical (unpaired) electrons. The molecule has 2 amide bonds. The van der Waals surface area contributed by atoms with Gasteiger partial charge in [0.1, 0.15) is 6.04 Å². The zero-order valence-corrected chi connectivity index (χ0v) is 16.5. The van der Waals surface area contributed by atoms with Crippen LogP contribution in [-0.2, 0) is 9.53 Å². The number of carbonyl (C=O) groups excluding carboxylic acids is 2. The summed E-state index contributed by atoms with van der Waals surface area (Å²) in [5.41, 5.74) is 6.07. The summed E-state index contributed by atoms with van der Waals surface area (Å²) in [7, 11) is 0. The van der Waals surface area contributed by atoms with Crippen LogP contribution in [0.4, 0.5) is 0 Å². The topological polar surface area (TPSA) is 84.7 Å². The molecular weight excluding hydrogens is 342 g/mol. The number of likely N-dealkylation sites (tertiary alicyclic amines) is 1. The van der Waals surface area contributed by atoms with Crippen LogP contribution in [0.15, 0.2) is 30.3 Å². The minimum atomic E-state index is -0.502. The Kier molecular flexibility index (Phi) is 8.75. The number of carbonyl (C=O) groups is 2. The lowest BCUT2D eigenvalue weighted by Gasteiger charge is -2.35. The largest absolute Gasteiger partial charge is 0.378 e. The van der Waals surface area contributed by atoms with Crippen LogP contribution in [0.3, 0.4) is 0 Å². The van der Waals surface area contributed by atoms with Crippen LogP contribution in [0.2, 0.25) is 0 Å². The van der Waals surface area contributed by atoms with Crippen molar-refractivity contribution in [2.75, 3.05) is 26.2 Å². The molecule has 1 aromatic rings. The first kappa shape index (κ1) is 21.4. The minimum Gasteiger partial charge on any atom is -0.378 e. The van der Waals surface area contributed by atoms with Crippen LogP contribution >= 0.6 is 0 Å². The SMILES string of the molecule is CCC(C)C(NC(=O)c1ccccc1)C(=O)N1CCC(OCCCN)CC1. The van der Waals surface area contributed by atoms with Gasteiger partial charge in [0.2, 0.25) is 5.91 Å². The highest BCUT2D eigenvalue weighted by Crippen LogP contribution is 2.18. The number of hydrogen-bond acceptors (Lipinski definition) is 4. The summed E-state index contributed by atoms with van der Waals surface area (Å²) in [6.07, 6.45) is 3.54. The Morgan fingerprint density at radius 3 is 2.52 bits per heavy atom. The van der Waals surface area contributed by atoms with Crippen molar-refractivity contribution in [3.8, 4) is 0 Å². The summed E-state index contributed by atoms with van der Waals surface area (Å²) in [6.45, 7) is 6.70. The molecule has 1 aromatic carbocycles. The second-order valence-electron chi connectivity index (χ2n) is 7.24. The van der Waals surface area contributed by atoms with E-state index < -0.39 is 6.04 Å². The van der Waals surface area contributed by atoms with Crippen molar-refractivity contribution in [3.05, 3.63) is 35.9 Å². The molecule has 0 aromatic heterocycles. The van der Waals surface area contributed by atoms with Crippen molar-refractivity contribution < 1.29 is 14.3 Å². The lowest BCUT2D eigenvalue weighted by atomic mass is 9.96. The van der Waals surface area contributed by atoms with Crippen LogP contribution in [0.25, 0.3) is 0 Å². The van der Waals surface area contributed by atoms with Gasteiger partial charge in [-0.05, 0) is 43.9 Å². The van der Waals surface area contributed by atoms with E-state index in [4.69, 9.17) is 10.5 Å². The molecule has 0 saturated carbocycles. The van der Waals surface area contributed by atoms with Crippen LogP contribution in [-0.4, -0.2) is 55.1 Å². The van der Waals surface area contributed by atoms with Gasteiger partial charge >= 0.3 is 0 Å². The summed E-state index contributed by atoms with van der Waals surface area (Å²) in [5.74, 6) is -0.119. The van der Waals surface area contributed by atoms with Gasteiger partial charge < -0.3 is 20.7 Å². The van der Waals surface area contributed by atoms with E-state index >= 15 is 0 Å². The zero-order chi connectivity index (χ0) is 19.6. The molecular formula is C21H33N3O3. The molecule has 1 aliphatic rings. The van der Waals surface area contributed by atoms with Gasteiger partial charge in [-0.25, -0.2) is 0 Å². The predicted molar refractivity (Wildman–Crippen MR) is 106 cm³/mol. The molecule has 3 N–H and O–H groups in total. The number of piperidine rings is 1. The van der Waals surface area contributed by atoms with Gasteiger partial charge in [0, 0.05) is 25.3 Å². The molecule has 150 valence electrons. The fourth-order valence-corrected chi connectivity index (χ4v) is 3.27. The number of rotatable bonds is 9. The maximum Gasteiger partial charge on any atom is 0.251 e. The van der Waals surface area contributed by atoms with Crippen molar-refractivity contribution >= 4 is 11.8 Å². The maximum atomic E-state index is 13.1. The second-order valence-corrected chi connectivity index (χ2v) is 7.24. The van der Waals surface area contributed by atoms with Crippen molar-refractivity contribution in [3.63, 3.8) is 0 Å². The molecule has 2 rings (SSSR count). The van der Waals surface area contributed by atoms with E-state index in [2.05, 4.69) is 5.32 Å². The molecule has 6 heteroatoms. The van der Waals surface area contributed by atoms with Gasteiger partial charge in [0.05, 0.1) is 6.10 Å². The average Bonchev–Trinajstić information content (AvgIpc) is 2.72. The molecule has 0 bridgehead atoms. The normalized spacial score (nSPS) is 17.4. The molecule has 1 heterocycles. The summed E-state index contributed by atoms with van der Waals surface area (Å²) in [5, 5.41) is 2.96. The summed E-state index contributed by atoms with van der Waals surface area (Å²) in [4.78, 5) is 27.5. The molecule has 1 saturated heterocycles. The summed E-state index contributed by atoms with van der Waals surface area (Å²) in [6, 6.07) is 8.54. The monoisotopic (exact) mass is 375 g/mol. The number of hydrogen-bond donors (Lipinski definition) is 2. The number of nitrogens with one attached hydrogen (secondary N) is 1. The minimum absolute atomic E-state index is 0.00837. The number of nitrogens with zero attached hydrogens (tertiary/aromatic N) is 1. The fourth-order valence-electron chi connectivity index (χ4n) is 3.27. The predicted octanol–water partition coefficient (Wildman–Crippen LogP) is 2.19. The van der Waals surface area contributed by atoms with Gasteiger partial charge in [0.25, 0.3) is 5.91 Å². The number of amides is 2. The van der Waals surface area contributed by atoms with E-state index in [-0.39, 0.29) is 23.8 Å². The summed E-state index contributed by atoms with van der Waals surface area (Å²) >= 11 is 0. The molecule has 0 spiro atoms. The van der Waals surface area contributed by atoms with Crippen LogP contribution in [0.5, 0.6) is 0 Å². The zero-order valence-electron chi connectivity index (χ0n) is 16.5. The van der Waals surface area contributed by atoms with E-state index in [0.717, 1.165) is 25.7 Å². The fraction of sp³-hybridized carbons (Fsp3) is 0.619. The van der Waals surface area contributed by atoms with Crippen LogP contribution in [0, 0.1) is 5.92 Å². The van der Waals surface area contributed by atoms with Crippen molar-refractivity contribution in [1.29, 1.82) is 0 Å². The molecule has 1 fully saturated rings. The highest BCUT2D eigenvalue weighted by atomic mass is 16.5. The summed E-state index contributed by atoms with van der Waals surface area (Å²) < 4.78 is 5.82. The van der Waals surface area contributed by atoms with Crippen molar-refractivity contribution in [1.82, 2.24) is 10.2 Å². The van der Waals surface area contributed by atoms with Crippen molar-refractivity contribution in [2.24, 2.45) is 11.7 Å². The van der Waals surface area contributed by atoms with Crippen LogP contribution in [0.1, 0.15) is 49.9 Å². The average molecular weight is 376 g/mol. The number of benzene rings is 1. The Morgan fingerprint density at radius 2 is 1.93 bits per heavy atom. The Morgan fingerprint density at radius 1 is 1.26 bits per heavy atom. The maximum absolute atomic E-state index is 13.1. The Labute approximate surface area is 162 Å². The molecule has 2 atom stereocenters. The number of nitrogens with two attached hydrogens (primary N) is 1. The Hall–Kier alpha value is -1.92. The van der Waals surface area contributed by atoms with E-state index in [9.17, 15) is 9.59 Å². The Balaban J connectivity index is 1.94. The van der Waals surface area contributed by atoms with Gasteiger partial charge in [-0.15, -0.1) is 0 Å². The molecule has 0 aliphatic carbocycles. The first-order valence-corrected chi connectivity index (χ1v) is 10.0. The smallest absolute Gasteiger partial charge is 0.251 e. The third kappa shape index (κ3) is 6.33. The quantitative estimate of drug-likeness (QED) is 0.648. The van der Waals surface area contributed by atoms with Gasteiger partial charge in [-0.1, -0.05) is 38.5 Å². The van der Waals surface area contributed by atoms with E-state index in [1.807, 2.05) is 36.9 Å². The van der Waals surface area contributed by atoms with E-state index in [1.165, 1.54) is 0 Å². The lowest BCUT2D eigenvalue weighted by molar-refractivity contribution is -0.137. The molecule has 1 aliphatic heterocycles. The highest BCUT2D eigenvalue weighted by Gasteiger charge is 2.32. The van der Waals surface area contributed by atoms with E-state index in [0.29, 0.717) is 31.8 Å². The third-order valence-electron chi connectivity index (χ3n) is 5.26. The van der Waals surface area contributed by atoms with E-state index in [1.54, 1.807) is 12.1 Å². The van der Waals surface area contributed by atoms with Crippen LogP contribution < -0.4 is 11.1 Å². The van der Waals surface area contributed by atoms with Gasteiger partial charge in [-0.2, -0.15) is 0 Å². The van der Waals surface area contributed by atoms with Gasteiger partial charge in [-0.3, -0.25) is 9.59 Å². The molecule has 2 unspecified atom stereocenters. The second kappa shape index (κ2) is 11.0. The lowest BCUT2D eigenvalue weighted by Crippen LogP contribution is -2.53. The third-order valence-corrected chi connectivity index (χ3v) is 5.26. The van der Waals surface area contributed by atoms with Gasteiger partial charge in [0.15, 0.2) is 0 Å². The standard InChI is InChI=1S/C21H33N3O3/c1-3-16(2)19(23-20(25)17-8-5-4-6-9-17)21(26)24-13-10-18(11-14-24)27-15-7-12-22/h4-6,8-9,16,18-19H,3,7,10-15,22H2,1-2H3,(H,23,25). The van der Waals surface area contributed by atoms with Crippen molar-refractivity contribution in [2.45, 2.75) is 51.7 Å². The molecule has 6 nitrogen and oxygen atoms in total.